The first-order chi connectivity index (χ1) is 9.85. The van der Waals surface area contributed by atoms with E-state index in [0.29, 0.717) is 11.3 Å². The monoisotopic (exact) mass is 347 g/mol. The number of ether oxygens (including phenoxy) is 1. The Balaban J connectivity index is 2.41. The molecule has 112 valence electrons. The molecule has 0 aliphatic rings. The van der Waals surface area contributed by atoms with Gasteiger partial charge in [0.2, 0.25) is 0 Å². The maximum absolute atomic E-state index is 12.3. The highest BCUT2D eigenvalue weighted by Crippen LogP contribution is 2.29. The molecule has 2 rings (SSSR count). The van der Waals surface area contributed by atoms with Gasteiger partial charge < -0.3 is 4.74 Å². The summed E-state index contributed by atoms with van der Waals surface area (Å²) in [5.41, 5.74) is 0.621. The van der Waals surface area contributed by atoms with Gasteiger partial charge in [-0.05, 0) is 30.7 Å². The number of sulfonamides is 1. The number of benzene rings is 1. The zero-order valence-corrected chi connectivity index (χ0v) is 13.4. The van der Waals surface area contributed by atoms with Crippen LogP contribution in [0.15, 0.2) is 29.4 Å². The van der Waals surface area contributed by atoms with Crippen molar-refractivity contribution in [2.45, 2.75) is 11.8 Å². The molecule has 21 heavy (non-hydrogen) atoms. The summed E-state index contributed by atoms with van der Waals surface area (Å²) in [4.78, 5) is 7.42. The minimum atomic E-state index is -3.86. The van der Waals surface area contributed by atoms with Crippen LogP contribution in [-0.4, -0.2) is 25.5 Å². The minimum absolute atomic E-state index is 0.0526. The van der Waals surface area contributed by atoms with E-state index >= 15 is 0 Å². The summed E-state index contributed by atoms with van der Waals surface area (Å²) in [5, 5.41) is -0.160. The fourth-order valence-corrected chi connectivity index (χ4v) is 3.32. The van der Waals surface area contributed by atoms with Crippen molar-refractivity contribution in [2.75, 3.05) is 11.8 Å². The Labute approximate surface area is 132 Å². The van der Waals surface area contributed by atoms with E-state index in [-0.39, 0.29) is 20.9 Å². The predicted molar refractivity (Wildman–Crippen MR) is 80.6 cm³/mol. The number of halogens is 2. The first-order valence-electron chi connectivity index (χ1n) is 5.68. The standard InChI is InChI=1S/C12H11Cl2N3O3S/c1-7-5-8(3-4-9(7)20-2)21(18,19)17-10-11(13)15-6-16-12(10)14/h3-6,17H,1-2H3. The lowest BCUT2D eigenvalue weighted by Crippen LogP contribution is -2.14. The van der Waals surface area contributed by atoms with Crippen molar-refractivity contribution in [2.24, 2.45) is 0 Å². The summed E-state index contributed by atoms with van der Waals surface area (Å²) in [7, 11) is -2.35. The number of hydrogen-bond acceptors (Lipinski definition) is 5. The number of anilines is 1. The third-order valence-electron chi connectivity index (χ3n) is 2.67. The second-order valence-corrected chi connectivity index (χ2v) is 6.47. The summed E-state index contributed by atoms with van der Waals surface area (Å²) in [6, 6.07) is 4.46. The Kier molecular flexibility index (Phi) is 4.55. The van der Waals surface area contributed by atoms with Crippen LogP contribution in [0.4, 0.5) is 5.69 Å². The van der Waals surface area contributed by atoms with Gasteiger partial charge in [-0.1, -0.05) is 23.2 Å². The predicted octanol–water partition coefficient (Wildman–Crippen LogP) is 2.90. The van der Waals surface area contributed by atoms with Crippen LogP contribution >= 0.6 is 23.2 Å². The normalized spacial score (nSPS) is 11.2. The highest BCUT2D eigenvalue weighted by molar-refractivity contribution is 7.92. The topological polar surface area (TPSA) is 81.2 Å². The molecule has 9 heteroatoms. The summed E-state index contributed by atoms with van der Waals surface area (Å²) >= 11 is 11.6. The van der Waals surface area contributed by atoms with E-state index in [2.05, 4.69) is 14.7 Å². The van der Waals surface area contributed by atoms with Gasteiger partial charge in [0.25, 0.3) is 10.0 Å². The second kappa shape index (κ2) is 6.05. The van der Waals surface area contributed by atoms with Crippen molar-refractivity contribution < 1.29 is 13.2 Å². The van der Waals surface area contributed by atoms with Crippen LogP contribution in [0.25, 0.3) is 0 Å². The van der Waals surface area contributed by atoms with Crippen LogP contribution in [0.3, 0.4) is 0 Å². The first kappa shape index (κ1) is 15.8. The fourth-order valence-electron chi connectivity index (χ4n) is 1.64. The number of methoxy groups -OCH3 is 1. The van der Waals surface area contributed by atoms with Gasteiger partial charge in [0.05, 0.1) is 12.0 Å². The number of aromatic nitrogens is 2. The zero-order valence-electron chi connectivity index (χ0n) is 11.1. The van der Waals surface area contributed by atoms with Crippen molar-refractivity contribution in [3.63, 3.8) is 0 Å². The Bertz CT molecular complexity index is 761. The SMILES string of the molecule is COc1ccc(S(=O)(=O)Nc2c(Cl)ncnc2Cl)cc1C. The number of rotatable bonds is 4. The molecule has 1 aromatic carbocycles. The Morgan fingerprint density at radius 3 is 2.33 bits per heavy atom. The van der Waals surface area contributed by atoms with E-state index in [1.807, 2.05) is 0 Å². The van der Waals surface area contributed by atoms with Gasteiger partial charge in [0.15, 0.2) is 10.3 Å². The number of nitrogens with zero attached hydrogens (tertiary/aromatic N) is 2. The molecule has 0 fully saturated rings. The maximum atomic E-state index is 12.3. The van der Waals surface area contributed by atoms with Crippen LogP contribution in [-0.2, 0) is 10.0 Å². The Morgan fingerprint density at radius 1 is 1.19 bits per heavy atom. The largest absolute Gasteiger partial charge is 0.496 e. The van der Waals surface area contributed by atoms with Gasteiger partial charge in [-0.15, -0.1) is 0 Å². The molecular weight excluding hydrogens is 337 g/mol. The van der Waals surface area contributed by atoms with Crippen molar-refractivity contribution >= 4 is 38.9 Å². The number of aryl methyl sites for hydroxylation is 1. The van der Waals surface area contributed by atoms with Crippen LogP contribution in [0.2, 0.25) is 10.3 Å². The zero-order chi connectivity index (χ0) is 15.6. The highest BCUT2D eigenvalue weighted by Gasteiger charge is 2.19. The highest BCUT2D eigenvalue weighted by atomic mass is 35.5. The molecule has 1 aromatic heterocycles. The molecule has 6 nitrogen and oxygen atoms in total. The third-order valence-corrected chi connectivity index (χ3v) is 4.59. The molecular formula is C12H11Cl2N3O3S. The molecule has 0 saturated heterocycles. The molecule has 1 heterocycles. The third kappa shape index (κ3) is 3.37. The molecule has 0 bridgehead atoms. The van der Waals surface area contributed by atoms with Gasteiger partial charge in [0.1, 0.15) is 17.8 Å². The summed E-state index contributed by atoms with van der Waals surface area (Å²) < 4.78 is 32.0. The molecule has 0 aliphatic carbocycles. The summed E-state index contributed by atoms with van der Waals surface area (Å²) in [6.45, 7) is 1.74. The van der Waals surface area contributed by atoms with E-state index in [4.69, 9.17) is 27.9 Å². The fraction of sp³-hybridized carbons (Fsp3) is 0.167. The van der Waals surface area contributed by atoms with Gasteiger partial charge >= 0.3 is 0 Å². The van der Waals surface area contributed by atoms with Crippen LogP contribution in [0, 0.1) is 6.92 Å². The van der Waals surface area contributed by atoms with Crippen molar-refractivity contribution in [1.82, 2.24) is 9.97 Å². The van der Waals surface area contributed by atoms with Gasteiger partial charge in [-0.3, -0.25) is 4.72 Å². The van der Waals surface area contributed by atoms with E-state index in [0.717, 1.165) is 6.33 Å². The lowest BCUT2D eigenvalue weighted by Gasteiger charge is -2.11. The molecule has 0 unspecified atom stereocenters. The molecule has 0 spiro atoms. The van der Waals surface area contributed by atoms with E-state index in [1.54, 1.807) is 13.0 Å². The van der Waals surface area contributed by atoms with Crippen LogP contribution in [0.1, 0.15) is 5.56 Å². The van der Waals surface area contributed by atoms with Gasteiger partial charge in [0, 0.05) is 0 Å². The number of nitrogens with one attached hydrogen (secondary N) is 1. The molecule has 0 saturated carbocycles. The minimum Gasteiger partial charge on any atom is -0.496 e. The average molecular weight is 348 g/mol. The Morgan fingerprint density at radius 2 is 1.81 bits per heavy atom. The van der Waals surface area contributed by atoms with Crippen molar-refractivity contribution in [3.8, 4) is 5.75 Å². The lowest BCUT2D eigenvalue weighted by molar-refractivity contribution is 0.411. The summed E-state index contributed by atoms with van der Waals surface area (Å²) in [6.07, 6.45) is 1.14. The number of hydrogen-bond donors (Lipinski definition) is 1. The van der Waals surface area contributed by atoms with Crippen molar-refractivity contribution in [3.05, 3.63) is 40.4 Å². The lowest BCUT2D eigenvalue weighted by atomic mass is 10.2. The molecule has 0 radical (unpaired) electrons. The van der Waals surface area contributed by atoms with Gasteiger partial charge in [-0.25, -0.2) is 18.4 Å². The van der Waals surface area contributed by atoms with Gasteiger partial charge in [-0.2, -0.15) is 0 Å². The van der Waals surface area contributed by atoms with E-state index < -0.39 is 10.0 Å². The average Bonchev–Trinajstić information content (AvgIpc) is 2.43. The van der Waals surface area contributed by atoms with E-state index in [1.165, 1.54) is 19.2 Å². The quantitative estimate of drug-likeness (QED) is 0.860. The molecule has 2 aromatic rings. The van der Waals surface area contributed by atoms with Crippen molar-refractivity contribution in [1.29, 1.82) is 0 Å². The summed E-state index contributed by atoms with van der Waals surface area (Å²) in [5.74, 6) is 0.591. The molecule has 1 N–H and O–H groups in total. The van der Waals surface area contributed by atoms with E-state index in [9.17, 15) is 8.42 Å². The molecule has 0 atom stereocenters. The molecule has 0 aliphatic heterocycles. The maximum Gasteiger partial charge on any atom is 0.262 e. The first-order valence-corrected chi connectivity index (χ1v) is 7.92. The smallest absolute Gasteiger partial charge is 0.262 e. The Hall–Kier alpha value is -1.57. The molecule has 0 amide bonds. The van der Waals surface area contributed by atoms with Crippen LogP contribution < -0.4 is 9.46 Å². The second-order valence-electron chi connectivity index (χ2n) is 4.07. The van der Waals surface area contributed by atoms with Crippen LogP contribution in [0.5, 0.6) is 5.75 Å².